The van der Waals surface area contributed by atoms with Gasteiger partial charge in [-0.05, 0) is 24.3 Å². The molecule has 2 heterocycles. The van der Waals surface area contributed by atoms with E-state index in [0.29, 0.717) is 4.99 Å². The average Bonchev–Trinajstić information content (AvgIpc) is 2.88. The predicted octanol–water partition coefficient (Wildman–Crippen LogP) is 1.61. The van der Waals surface area contributed by atoms with Crippen molar-refractivity contribution in [3.8, 4) is 0 Å². The maximum Gasteiger partial charge on any atom is 0.104 e. The first-order valence-corrected chi connectivity index (χ1v) is 7.34. The van der Waals surface area contributed by atoms with Gasteiger partial charge in [0, 0.05) is 48.8 Å². The molecule has 1 aromatic heterocycles. The summed E-state index contributed by atoms with van der Waals surface area (Å²) in [7, 11) is 0. The highest BCUT2D eigenvalue weighted by Crippen LogP contribution is 2.18. The predicted molar refractivity (Wildman–Crippen MR) is 85.1 cm³/mol. The summed E-state index contributed by atoms with van der Waals surface area (Å²) in [4.78, 5) is 2.89. The van der Waals surface area contributed by atoms with Gasteiger partial charge in [-0.3, -0.25) is 4.90 Å². The monoisotopic (exact) mass is 289 g/mol. The fraction of sp³-hybridized carbons (Fsp3) is 0.400. The Morgan fingerprint density at radius 1 is 1.20 bits per heavy atom. The Hall–Kier alpha value is -1.43. The molecule has 5 heteroatoms. The molecule has 0 bridgehead atoms. The van der Waals surface area contributed by atoms with E-state index in [1.54, 1.807) is 0 Å². The van der Waals surface area contributed by atoms with Crippen LogP contribution in [0.4, 0.5) is 0 Å². The van der Waals surface area contributed by atoms with Crippen LogP contribution in [0.5, 0.6) is 0 Å². The Morgan fingerprint density at radius 2 is 2.00 bits per heavy atom. The number of rotatable bonds is 4. The lowest BCUT2D eigenvalue weighted by atomic mass is 10.1. The highest BCUT2D eigenvalue weighted by Gasteiger charge is 2.10. The number of nitrogens with two attached hydrogens (primary N) is 1. The van der Waals surface area contributed by atoms with Crippen molar-refractivity contribution in [2.24, 2.45) is 5.73 Å². The SMILES string of the molecule is NC(=S)c1ccc2c(ccn2CCN2CCOCC2)c1. The normalized spacial score (nSPS) is 16.6. The summed E-state index contributed by atoms with van der Waals surface area (Å²) in [6.07, 6.45) is 2.13. The van der Waals surface area contributed by atoms with E-state index in [-0.39, 0.29) is 0 Å². The highest BCUT2D eigenvalue weighted by molar-refractivity contribution is 7.80. The first kappa shape index (κ1) is 13.5. The Balaban J connectivity index is 1.73. The highest BCUT2D eigenvalue weighted by atomic mass is 32.1. The minimum Gasteiger partial charge on any atom is -0.389 e. The fourth-order valence-electron chi connectivity index (χ4n) is 2.62. The fourth-order valence-corrected chi connectivity index (χ4v) is 2.75. The van der Waals surface area contributed by atoms with E-state index >= 15 is 0 Å². The Morgan fingerprint density at radius 3 is 2.75 bits per heavy atom. The lowest BCUT2D eigenvalue weighted by molar-refractivity contribution is 0.0365. The van der Waals surface area contributed by atoms with Crippen molar-refractivity contribution in [2.75, 3.05) is 32.8 Å². The second-order valence-corrected chi connectivity index (χ2v) is 5.54. The first-order chi connectivity index (χ1) is 9.74. The molecule has 3 rings (SSSR count). The van der Waals surface area contributed by atoms with Gasteiger partial charge in [-0.15, -0.1) is 0 Å². The van der Waals surface area contributed by atoms with Crippen LogP contribution in [-0.2, 0) is 11.3 Å². The quantitative estimate of drug-likeness (QED) is 0.869. The van der Waals surface area contributed by atoms with Gasteiger partial charge in [0.15, 0.2) is 0 Å². The smallest absolute Gasteiger partial charge is 0.104 e. The molecule has 1 aliphatic heterocycles. The van der Waals surface area contributed by atoms with Crippen LogP contribution >= 0.6 is 12.2 Å². The molecule has 0 amide bonds. The summed E-state index contributed by atoms with van der Waals surface area (Å²) < 4.78 is 7.66. The van der Waals surface area contributed by atoms with Crippen LogP contribution in [0.3, 0.4) is 0 Å². The third kappa shape index (κ3) is 2.85. The zero-order valence-electron chi connectivity index (χ0n) is 11.4. The number of fused-ring (bicyclic) bond motifs is 1. The van der Waals surface area contributed by atoms with E-state index in [2.05, 4.69) is 33.9 Å². The first-order valence-electron chi connectivity index (χ1n) is 6.93. The standard InChI is InChI=1S/C15H19N3OS/c16-15(20)13-1-2-14-12(11-13)3-4-18(14)6-5-17-7-9-19-10-8-17/h1-4,11H,5-10H2,(H2,16,20). The van der Waals surface area contributed by atoms with E-state index in [4.69, 9.17) is 22.7 Å². The molecule has 2 N–H and O–H groups in total. The maximum absolute atomic E-state index is 5.67. The molecule has 0 spiro atoms. The van der Waals surface area contributed by atoms with Crippen LogP contribution in [0.25, 0.3) is 10.9 Å². The zero-order chi connectivity index (χ0) is 13.9. The minimum absolute atomic E-state index is 0.452. The number of thiocarbonyl (C=S) groups is 1. The van der Waals surface area contributed by atoms with Crippen molar-refractivity contribution < 1.29 is 4.74 Å². The third-order valence-electron chi connectivity index (χ3n) is 3.82. The molecular weight excluding hydrogens is 270 g/mol. The number of aromatic nitrogens is 1. The van der Waals surface area contributed by atoms with Gasteiger partial charge in [0.2, 0.25) is 0 Å². The molecule has 0 aliphatic carbocycles. The largest absolute Gasteiger partial charge is 0.389 e. The van der Waals surface area contributed by atoms with Gasteiger partial charge in [0.25, 0.3) is 0 Å². The van der Waals surface area contributed by atoms with Gasteiger partial charge in [-0.2, -0.15) is 0 Å². The van der Waals surface area contributed by atoms with Crippen molar-refractivity contribution in [1.29, 1.82) is 0 Å². The molecule has 2 aromatic rings. The van der Waals surface area contributed by atoms with Gasteiger partial charge < -0.3 is 15.0 Å². The second-order valence-electron chi connectivity index (χ2n) is 5.10. The van der Waals surface area contributed by atoms with E-state index in [1.165, 1.54) is 10.9 Å². The van der Waals surface area contributed by atoms with Crippen LogP contribution in [0.1, 0.15) is 5.56 Å². The Kier molecular flexibility index (Phi) is 4.00. The molecule has 1 saturated heterocycles. The topological polar surface area (TPSA) is 43.4 Å². The molecule has 1 fully saturated rings. The van der Waals surface area contributed by atoms with E-state index in [0.717, 1.165) is 45.0 Å². The second kappa shape index (κ2) is 5.91. The van der Waals surface area contributed by atoms with Crippen LogP contribution in [0.2, 0.25) is 0 Å². The summed E-state index contributed by atoms with van der Waals surface area (Å²) in [5.74, 6) is 0. The van der Waals surface area contributed by atoms with Crippen LogP contribution < -0.4 is 5.73 Å². The molecular formula is C15H19N3OS. The number of nitrogens with zero attached hydrogens (tertiary/aromatic N) is 2. The van der Waals surface area contributed by atoms with Crippen molar-refractivity contribution in [3.63, 3.8) is 0 Å². The number of morpholine rings is 1. The lowest BCUT2D eigenvalue weighted by Gasteiger charge is -2.26. The number of ether oxygens (including phenoxy) is 1. The summed E-state index contributed by atoms with van der Waals surface area (Å²) >= 11 is 5.02. The summed E-state index contributed by atoms with van der Waals surface area (Å²) in [6.45, 7) is 5.82. The van der Waals surface area contributed by atoms with E-state index in [9.17, 15) is 0 Å². The van der Waals surface area contributed by atoms with Crippen molar-refractivity contribution in [2.45, 2.75) is 6.54 Å². The van der Waals surface area contributed by atoms with Crippen LogP contribution in [0.15, 0.2) is 30.5 Å². The molecule has 106 valence electrons. The van der Waals surface area contributed by atoms with Gasteiger partial charge in [-0.25, -0.2) is 0 Å². The van der Waals surface area contributed by atoms with Gasteiger partial charge in [0.05, 0.1) is 13.2 Å². The average molecular weight is 289 g/mol. The molecule has 1 aliphatic rings. The van der Waals surface area contributed by atoms with E-state index < -0.39 is 0 Å². The zero-order valence-corrected chi connectivity index (χ0v) is 12.2. The minimum atomic E-state index is 0.452. The molecule has 20 heavy (non-hydrogen) atoms. The van der Waals surface area contributed by atoms with Crippen LogP contribution in [-0.4, -0.2) is 47.3 Å². The van der Waals surface area contributed by atoms with E-state index in [1.807, 2.05) is 6.07 Å². The van der Waals surface area contributed by atoms with Gasteiger partial charge in [0.1, 0.15) is 4.99 Å². The molecule has 0 radical (unpaired) electrons. The van der Waals surface area contributed by atoms with Crippen LogP contribution in [0, 0.1) is 0 Å². The van der Waals surface area contributed by atoms with Crippen molar-refractivity contribution >= 4 is 28.1 Å². The van der Waals surface area contributed by atoms with Gasteiger partial charge >= 0.3 is 0 Å². The molecule has 0 saturated carbocycles. The summed E-state index contributed by atoms with van der Waals surface area (Å²) in [6, 6.07) is 8.28. The summed E-state index contributed by atoms with van der Waals surface area (Å²) in [5, 5.41) is 1.19. The summed E-state index contributed by atoms with van der Waals surface area (Å²) in [5.41, 5.74) is 7.84. The number of benzene rings is 1. The Bertz CT molecular complexity index is 617. The number of hydrogen-bond donors (Lipinski definition) is 1. The van der Waals surface area contributed by atoms with Crippen molar-refractivity contribution in [3.05, 3.63) is 36.0 Å². The molecule has 4 nitrogen and oxygen atoms in total. The third-order valence-corrected chi connectivity index (χ3v) is 4.05. The number of hydrogen-bond acceptors (Lipinski definition) is 3. The molecule has 0 atom stereocenters. The Labute approximate surface area is 124 Å². The molecule has 0 unspecified atom stereocenters. The van der Waals surface area contributed by atoms with Gasteiger partial charge in [-0.1, -0.05) is 12.2 Å². The lowest BCUT2D eigenvalue weighted by Crippen LogP contribution is -2.38. The van der Waals surface area contributed by atoms with Crippen molar-refractivity contribution in [1.82, 2.24) is 9.47 Å². The molecule has 1 aromatic carbocycles. The maximum atomic E-state index is 5.67.